The van der Waals surface area contributed by atoms with Gasteiger partial charge < -0.3 is 19.3 Å². The number of allylic oxidation sites excluding steroid dienone is 1. The minimum absolute atomic E-state index is 0.0822. The Bertz CT molecular complexity index is 1840. The first-order valence-electron chi connectivity index (χ1n) is 18.7. The summed E-state index contributed by atoms with van der Waals surface area (Å²) in [7, 11) is -2.40. The number of carbonyl (C=O) groups is 2. The van der Waals surface area contributed by atoms with Crippen LogP contribution in [0.3, 0.4) is 0 Å². The van der Waals surface area contributed by atoms with Crippen LogP contribution in [0.2, 0.25) is 5.02 Å². The van der Waals surface area contributed by atoms with Crippen LogP contribution in [-0.4, -0.2) is 100 Å². The van der Waals surface area contributed by atoms with Crippen LogP contribution >= 0.6 is 11.6 Å². The lowest BCUT2D eigenvalue weighted by molar-refractivity contribution is -0.135. The van der Waals surface area contributed by atoms with Crippen molar-refractivity contribution in [3.05, 3.63) is 70.0 Å². The minimum atomic E-state index is -4.13. The van der Waals surface area contributed by atoms with Crippen LogP contribution in [0, 0.1) is 11.8 Å². The molecule has 52 heavy (non-hydrogen) atoms. The van der Waals surface area contributed by atoms with Gasteiger partial charge in [0.1, 0.15) is 17.6 Å². The molecule has 2 aromatic carbocycles. The number of hydrogen-bond acceptors (Lipinski definition) is 8. The van der Waals surface area contributed by atoms with Crippen LogP contribution in [0.15, 0.2) is 48.3 Å². The van der Waals surface area contributed by atoms with E-state index in [4.69, 9.17) is 21.1 Å². The standard InChI is InChI=1S/C39H50ClFN4O6S/c1-25-8-12-33(41)36(38(47)43(3)20-27-14-17-50-22-27)45-16-5-7-31(45)21-44-23-39(15-4-6-28-18-30(40)10-11-32(28)39)24-51-35-13-9-29(19-34(35)44)37(46)42-52(48,49)26(25)2/h9-13,18-19,25-27,31,36H,4-8,14-17,20-24H2,1-3H3,(H,42,46)/b33-12-/t25-,26+,27?,31-,36+,39-/m0/s1. The third-order valence-corrected chi connectivity index (χ3v) is 14.3. The van der Waals surface area contributed by atoms with E-state index in [1.54, 1.807) is 37.1 Å². The number of likely N-dealkylation sites (N-methyl/N-ethyl adjacent to an activating group) is 1. The van der Waals surface area contributed by atoms with Gasteiger partial charge in [0.25, 0.3) is 5.91 Å². The van der Waals surface area contributed by atoms with E-state index in [1.165, 1.54) is 24.1 Å². The summed E-state index contributed by atoms with van der Waals surface area (Å²) in [6.07, 6.45) is 6.59. The summed E-state index contributed by atoms with van der Waals surface area (Å²) in [5.74, 6) is -1.38. The number of benzene rings is 2. The molecule has 1 spiro atoms. The first kappa shape index (κ1) is 37.1. The number of rotatable bonds is 3. The first-order valence-corrected chi connectivity index (χ1v) is 20.6. The molecular formula is C39H50ClFN4O6S. The first-order chi connectivity index (χ1) is 24.8. The van der Waals surface area contributed by atoms with Gasteiger partial charge in [-0.1, -0.05) is 30.7 Å². The van der Waals surface area contributed by atoms with Gasteiger partial charge in [-0.3, -0.25) is 14.5 Å². The zero-order chi connectivity index (χ0) is 36.8. The van der Waals surface area contributed by atoms with E-state index in [1.807, 2.05) is 17.0 Å². The fourth-order valence-electron chi connectivity index (χ4n) is 8.92. The maximum Gasteiger partial charge on any atom is 0.264 e. The molecule has 2 amide bonds. The van der Waals surface area contributed by atoms with Crippen molar-refractivity contribution in [2.24, 2.45) is 11.8 Å². The fraction of sp³-hybridized carbons (Fsp3) is 0.590. The molecule has 7 rings (SSSR count). The number of aryl methyl sites for hydroxylation is 1. The van der Waals surface area contributed by atoms with E-state index < -0.39 is 44.4 Å². The van der Waals surface area contributed by atoms with Gasteiger partial charge in [-0.2, -0.15) is 0 Å². The van der Waals surface area contributed by atoms with E-state index in [0.717, 1.165) is 38.5 Å². The van der Waals surface area contributed by atoms with Crippen LogP contribution in [0.25, 0.3) is 0 Å². The van der Waals surface area contributed by atoms with E-state index in [0.29, 0.717) is 62.5 Å². The Balaban J connectivity index is 1.32. The van der Waals surface area contributed by atoms with Gasteiger partial charge in [0.2, 0.25) is 15.9 Å². The van der Waals surface area contributed by atoms with E-state index in [-0.39, 0.29) is 29.9 Å². The molecule has 2 saturated heterocycles. The minimum Gasteiger partial charge on any atom is -0.490 e. The number of fused-ring (bicyclic) bond motifs is 4. The van der Waals surface area contributed by atoms with E-state index in [2.05, 4.69) is 15.7 Å². The monoisotopic (exact) mass is 756 g/mol. The number of ether oxygens (including phenoxy) is 2. The summed E-state index contributed by atoms with van der Waals surface area (Å²) in [6, 6.07) is 9.78. The highest BCUT2D eigenvalue weighted by atomic mass is 35.5. The average Bonchev–Trinajstić information content (AvgIpc) is 3.77. The highest BCUT2D eigenvalue weighted by Gasteiger charge is 2.45. The summed E-state index contributed by atoms with van der Waals surface area (Å²) in [5, 5.41) is -0.321. The van der Waals surface area contributed by atoms with E-state index in [9.17, 15) is 18.0 Å². The molecule has 2 fully saturated rings. The molecule has 1 N–H and O–H groups in total. The largest absolute Gasteiger partial charge is 0.490 e. The van der Waals surface area contributed by atoms with E-state index >= 15 is 4.39 Å². The Morgan fingerprint density at radius 1 is 1.15 bits per heavy atom. The molecule has 1 aliphatic carbocycles. The number of carbonyl (C=O) groups excluding carboxylic acids is 2. The Kier molecular flexibility index (Phi) is 10.7. The van der Waals surface area contributed by atoms with Crippen LogP contribution < -0.4 is 14.4 Å². The Morgan fingerprint density at radius 2 is 1.98 bits per heavy atom. The summed E-state index contributed by atoms with van der Waals surface area (Å²) in [4.78, 5) is 33.8. The van der Waals surface area contributed by atoms with Crippen LogP contribution in [0.5, 0.6) is 5.75 Å². The Morgan fingerprint density at radius 3 is 2.77 bits per heavy atom. The maximum atomic E-state index is 16.7. The number of hydrogen-bond donors (Lipinski definition) is 1. The molecule has 4 aliphatic heterocycles. The SMILES string of the molecule is C[C@@H]1[C@@H](C)C/C=C(\F)[C@H](C(=O)N(C)CC2CCOC2)N2CCC[C@H]2CN2C[C@@]3(CCCc4cc(Cl)ccc43)COc3ccc(cc32)C(=O)NS1(=O)=O. The van der Waals surface area contributed by atoms with Gasteiger partial charge in [0, 0.05) is 61.2 Å². The molecule has 2 aromatic rings. The van der Waals surface area contributed by atoms with Crippen LogP contribution in [0.4, 0.5) is 10.1 Å². The average molecular weight is 757 g/mol. The molecule has 2 bridgehead atoms. The predicted octanol–water partition coefficient (Wildman–Crippen LogP) is 5.48. The number of nitrogens with zero attached hydrogens (tertiary/aromatic N) is 3. The molecule has 0 radical (unpaired) electrons. The lowest BCUT2D eigenvalue weighted by atomic mass is 9.70. The third-order valence-electron chi connectivity index (χ3n) is 12.1. The zero-order valence-electron chi connectivity index (χ0n) is 30.3. The molecule has 0 aromatic heterocycles. The predicted molar refractivity (Wildman–Crippen MR) is 199 cm³/mol. The quantitative estimate of drug-likeness (QED) is 0.439. The summed E-state index contributed by atoms with van der Waals surface area (Å²) in [6.45, 7) is 6.88. The lowest BCUT2D eigenvalue weighted by Crippen LogP contribution is -2.54. The van der Waals surface area contributed by atoms with Gasteiger partial charge in [-0.25, -0.2) is 17.5 Å². The van der Waals surface area contributed by atoms with Crippen LogP contribution in [-0.2, 0) is 31.4 Å². The van der Waals surface area contributed by atoms with Gasteiger partial charge in [0.05, 0.1) is 24.2 Å². The maximum absolute atomic E-state index is 16.7. The number of sulfonamides is 1. The van der Waals surface area contributed by atoms with Gasteiger partial charge >= 0.3 is 0 Å². The second kappa shape index (κ2) is 14.9. The van der Waals surface area contributed by atoms with Gasteiger partial charge in [0.15, 0.2) is 0 Å². The molecule has 1 unspecified atom stereocenters. The number of amides is 2. The second-order valence-corrected chi connectivity index (χ2v) is 18.1. The summed E-state index contributed by atoms with van der Waals surface area (Å²) >= 11 is 6.45. The molecule has 0 saturated carbocycles. The highest BCUT2D eigenvalue weighted by molar-refractivity contribution is 7.90. The molecular weight excluding hydrogens is 707 g/mol. The zero-order valence-corrected chi connectivity index (χ0v) is 31.9. The number of anilines is 1. The second-order valence-electron chi connectivity index (χ2n) is 15.7. The van der Waals surface area contributed by atoms with Crippen LogP contribution in [0.1, 0.15) is 73.9 Å². The summed E-state index contributed by atoms with van der Waals surface area (Å²) in [5.41, 5.74) is 2.84. The summed E-state index contributed by atoms with van der Waals surface area (Å²) < 4.78 is 58.2. The van der Waals surface area contributed by atoms with Crippen molar-refractivity contribution in [1.82, 2.24) is 14.5 Å². The molecule has 282 valence electrons. The Hall–Kier alpha value is -3.19. The number of halogens is 2. The Labute approximate surface area is 311 Å². The smallest absolute Gasteiger partial charge is 0.264 e. The third kappa shape index (κ3) is 7.32. The van der Waals surface area contributed by atoms with Gasteiger partial charge in [-0.05, 0) is 106 Å². The normalized spacial score (nSPS) is 31.8. The van der Waals surface area contributed by atoms with Crippen molar-refractivity contribution in [3.63, 3.8) is 0 Å². The topological polar surface area (TPSA) is 108 Å². The van der Waals surface area contributed by atoms with Crippen molar-refractivity contribution >= 4 is 39.1 Å². The van der Waals surface area contributed by atoms with Gasteiger partial charge in [-0.15, -0.1) is 0 Å². The van der Waals surface area contributed by atoms with Crippen molar-refractivity contribution in [2.45, 2.75) is 81.5 Å². The van der Waals surface area contributed by atoms with Crippen molar-refractivity contribution < 1.29 is 31.9 Å². The fourth-order valence-corrected chi connectivity index (χ4v) is 10.4. The molecule has 10 nitrogen and oxygen atoms in total. The molecule has 13 heteroatoms. The molecule has 4 heterocycles. The highest BCUT2D eigenvalue weighted by Crippen LogP contribution is 2.45. The number of nitrogens with one attached hydrogen (secondary N) is 1. The van der Waals surface area contributed by atoms with Crippen molar-refractivity contribution in [3.8, 4) is 5.75 Å². The molecule has 5 aliphatic rings. The van der Waals surface area contributed by atoms with Crippen molar-refractivity contribution in [1.29, 1.82) is 0 Å². The van der Waals surface area contributed by atoms with Crippen molar-refractivity contribution in [2.75, 3.05) is 57.9 Å². The molecule has 6 atom stereocenters. The lowest BCUT2D eigenvalue weighted by Gasteiger charge is -2.42.